The van der Waals surface area contributed by atoms with Gasteiger partial charge in [-0.3, -0.25) is 0 Å². The maximum atomic E-state index is 5.99. The fourth-order valence-corrected chi connectivity index (χ4v) is 3.07. The monoisotopic (exact) mass is 422 g/mol. The van der Waals surface area contributed by atoms with Crippen LogP contribution in [0.4, 0.5) is 11.6 Å². The zero-order valence-electron chi connectivity index (χ0n) is 13.7. The third kappa shape index (κ3) is 2.80. The van der Waals surface area contributed by atoms with Gasteiger partial charge in [0.25, 0.3) is 0 Å². The standard InChI is InChI=1S/C19H11BrN4O3/c20-11-5-6-14(21-9-11)24-18-16-15(12-3-1-7-25-12)17(13-4-2-8-26-13)27-19(16)23-10-22-18/h1-10H,(H,21,22,23,24). The molecule has 0 radical (unpaired) electrons. The number of nitrogens with zero attached hydrogens (tertiary/aromatic N) is 3. The van der Waals surface area contributed by atoms with E-state index in [-0.39, 0.29) is 0 Å². The van der Waals surface area contributed by atoms with Gasteiger partial charge in [-0.1, -0.05) is 0 Å². The number of anilines is 2. The van der Waals surface area contributed by atoms with E-state index in [1.165, 1.54) is 6.33 Å². The maximum absolute atomic E-state index is 5.99. The van der Waals surface area contributed by atoms with E-state index < -0.39 is 0 Å². The lowest BCUT2D eigenvalue weighted by Crippen LogP contribution is -1.97. The lowest BCUT2D eigenvalue weighted by molar-refractivity contribution is 0.536. The number of pyridine rings is 1. The quantitative estimate of drug-likeness (QED) is 0.400. The van der Waals surface area contributed by atoms with Crippen LogP contribution < -0.4 is 5.32 Å². The summed E-state index contributed by atoms with van der Waals surface area (Å²) in [5, 5.41) is 3.90. The van der Waals surface area contributed by atoms with Crippen LogP contribution in [0.15, 0.2) is 79.2 Å². The normalized spacial score (nSPS) is 11.1. The molecule has 0 aromatic carbocycles. The van der Waals surface area contributed by atoms with Crippen molar-refractivity contribution in [3.05, 3.63) is 65.9 Å². The molecule has 0 aliphatic heterocycles. The molecule has 5 aromatic heterocycles. The van der Waals surface area contributed by atoms with E-state index in [0.717, 1.165) is 4.47 Å². The number of fused-ring (bicyclic) bond motifs is 1. The largest absolute Gasteiger partial charge is 0.464 e. The van der Waals surface area contributed by atoms with Crippen LogP contribution in [-0.2, 0) is 0 Å². The molecular weight excluding hydrogens is 412 g/mol. The fourth-order valence-electron chi connectivity index (χ4n) is 2.84. The van der Waals surface area contributed by atoms with Crippen molar-refractivity contribution in [1.29, 1.82) is 0 Å². The van der Waals surface area contributed by atoms with Crippen molar-refractivity contribution in [1.82, 2.24) is 15.0 Å². The zero-order chi connectivity index (χ0) is 18.2. The Morgan fingerprint density at radius 2 is 1.70 bits per heavy atom. The molecular formula is C19H11BrN4O3. The third-order valence-corrected chi connectivity index (χ3v) is 4.44. The molecule has 7 nitrogen and oxygen atoms in total. The minimum absolute atomic E-state index is 0.419. The average molecular weight is 423 g/mol. The van der Waals surface area contributed by atoms with Gasteiger partial charge >= 0.3 is 0 Å². The number of halogens is 1. The van der Waals surface area contributed by atoms with Crippen molar-refractivity contribution in [2.45, 2.75) is 0 Å². The Bertz CT molecular complexity index is 1200. The minimum atomic E-state index is 0.419. The summed E-state index contributed by atoms with van der Waals surface area (Å²) in [5.74, 6) is 2.93. The van der Waals surface area contributed by atoms with Gasteiger partial charge in [-0.25, -0.2) is 15.0 Å². The second kappa shape index (κ2) is 6.40. The van der Waals surface area contributed by atoms with Gasteiger partial charge in [0.05, 0.1) is 23.5 Å². The van der Waals surface area contributed by atoms with Crippen molar-refractivity contribution >= 4 is 38.7 Å². The van der Waals surface area contributed by atoms with Gasteiger partial charge < -0.3 is 18.6 Å². The summed E-state index contributed by atoms with van der Waals surface area (Å²) >= 11 is 3.38. The molecule has 0 bridgehead atoms. The molecule has 0 aliphatic carbocycles. The van der Waals surface area contributed by atoms with Gasteiger partial charge in [0.15, 0.2) is 11.5 Å². The summed E-state index contributed by atoms with van der Waals surface area (Å²) in [4.78, 5) is 13.0. The molecule has 0 saturated heterocycles. The van der Waals surface area contributed by atoms with Crippen LogP contribution in [0.2, 0.25) is 0 Å². The summed E-state index contributed by atoms with van der Waals surface area (Å²) in [6.45, 7) is 0. The summed E-state index contributed by atoms with van der Waals surface area (Å²) in [6.07, 6.45) is 6.33. The Morgan fingerprint density at radius 3 is 2.41 bits per heavy atom. The van der Waals surface area contributed by atoms with Crippen LogP contribution in [0.25, 0.3) is 33.9 Å². The molecule has 0 atom stereocenters. The third-order valence-electron chi connectivity index (χ3n) is 3.97. The van der Waals surface area contributed by atoms with Crippen molar-refractivity contribution in [3.63, 3.8) is 0 Å². The Kier molecular flexibility index (Phi) is 3.75. The maximum Gasteiger partial charge on any atom is 0.232 e. The molecule has 5 heterocycles. The Balaban J connectivity index is 1.74. The van der Waals surface area contributed by atoms with E-state index in [2.05, 4.69) is 36.2 Å². The average Bonchev–Trinajstić information content (AvgIpc) is 3.43. The van der Waals surface area contributed by atoms with Gasteiger partial charge in [0, 0.05) is 10.7 Å². The summed E-state index contributed by atoms with van der Waals surface area (Å²) in [6, 6.07) is 11.0. The number of rotatable bonds is 4. The smallest absolute Gasteiger partial charge is 0.232 e. The van der Waals surface area contributed by atoms with Crippen LogP contribution in [0.1, 0.15) is 0 Å². The lowest BCUT2D eigenvalue weighted by atomic mass is 10.1. The van der Waals surface area contributed by atoms with Crippen LogP contribution in [0, 0.1) is 0 Å². The van der Waals surface area contributed by atoms with Crippen molar-refractivity contribution in [3.8, 4) is 22.8 Å². The van der Waals surface area contributed by atoms with E-state index in [9.17, 15) is 0 Å². The molecule has 0 fully saturated rings. The molecule has 0 saturated carbocycles. The highest BCUT2D eigenvalue weighted by Gasteiger charge is 2.25. The number of nitrogens with one attached hydrogen (secondary N) is 1. The van der Waals surface area contributed by atoms with Crippen LogP contribution in [-0.4, -0.2) is 15.0 Å². The molecule has 8 heteroatoms. The Hall–Kier alpha value is -3.39. The Morgan fingerprint density at radius 1 is 0.889 bits per heavy atom. The van der Waals surface area contributed by atoms with Gasteiger partial charge in [-0.2, -0.15) is 0 Å². The lowest BCUT2D eigenvalue weighted by Gasteiger charge is -2.06. The van der Waals surface area contributed by atoms with E-state index >= 15 is 0 Å². The molecule has 27 heavy (non-hydrogen) atoms. The van der Waals surface area contributed by atoms with Crippen LogP contribution in [0.3, 0.4) is 0 Å². The van der Waals surface area contributed by atoms with E-state index in [1.807, 2.05) is 30.3 Å². The highest BCUT2D eigenvalue weighted by atomic mass is 79.9. The topological polar surface area (TPSA) is 90.1 Å². The van der Waals surface area contributed by atoms with Crippen LogP contribution >= 0.6 is 15.9 Å². The van der Waals surface area contributed by atoms with Gasteiger partial charge in [-0.15, -0.1) is 0 Å². The highest BCUT2D eigenvalue weighted by Crippen LogP contribution is 2.43. The number of hydrogen-bond acceptors (Lipinski definition) is 7. The molecule has 132 valence electrons. The molecule has 1 N–H and O–H groups in total. The molecule has 0 unspecified atom stereocenters. The highest BCUT2D eigenvalue weighted by molar-refractivity contribution is 9.10. The molecule has 0 aliphatic rings. The summed E-state index contributed by atoms with van der Waals surface area (Å²) in [7, 11) is 0. The van der Waals surface area contributed by atoms with E-state index in [1.54, 1.807) is 24.8 Å². The first-order valence-corrected chi connectivity index (χ1v) is 8.83. The zero-order valence-corrected chi connectivity index (χ0v) is 15.3. The van der Waals surface area contributed by atoms with E-state index in [0.29, 0.717) is 45.6 Å². The fraction of sp³-hybridized carbons (Fsp3) is 0. The molecule has 0 amide bonds. The number of hydrogen-bond donors (Lipinski definition) is 1. The van der Waals surface area contributed by atoms with Crippen molar-refractivity contribution in [2.24, 2.45) is 0 Å². The Labute approximate surface area is 161 Å². The second-order valence-electron chi connectivity index (χ2n) is 5.65. The second-order valence-corrected chi connectivity index (χ2v) is 6.57. The minimum Gasteiger partial charge on any atom is -0.464 e. The predicted octanol–water partition coefficient (Wildman–Crippen LogP) is 5.64. The number of furan rings is 3. The first kappa shape index (κ1) is 15.8. The van der Waals surface area contributed by atoms with Gasteiger partial charge in [0.1, 0.15) is 23.7 Å². The molecule has 5 aromatic rings. The predicted molar refractivity (Wildman–Crippen MR) is 102 cm³/mol. The molecule has 0 spiro atoms. The van der Waals surface area contributed by atoms with Crippen molar-refractivity contribution in [2.75, 3.05) is 5.32 Å². The van der Waals surface area contributed by atoms with E-state index in [4.69, 9.17) is 13.3 Å². The number of aromatic nitrogens is 3. The van der Waals surface area contributed by atoms with Crippen LogP contribution in [0.5, 0.6) is 0 Å². The van der Waals surface area contributed by atoms with Crippen molar-refractivity contribution < 1.29 is 13.3 Å². The first-order chi connectivity index (χ1) is 13.3. The molecule has 5 rings (SSSR count). The van der Waals surface area contributed by atoms with Gasteiger partial charge in [0.2, 0.25) is 5.71 Å². The SMILES string of the molecule is Brc1ccc(Nc2ncnc3oc(-c4ccco4)c(-c4ccco4)c23)nc1. The van der Waals surface area contributed by atoms with Gasteiger partial charge in [-0.05, 0) is 52.3 Å². The summed E-state index contributed by atoms with van der Waals surface area (Å²) < 4.78 is 18.1. The summed E-state index contributed by atoms with van der Waals surface area (Å²) in [5.41, 5.74) is 1.13. The first-order valence-electron chi connectivity index (χ1n) is 8.03.